The zero-order valence-corrected chi connectivity index (χ0v) is 15.9. The number of furan rings is 1. The van der Waals surface area contributed by atoms with E-state index in [0.29, 0.717) is 16.3 Å². The molecule has 0 saturated carbocycles. The number of hydrogen-bond donors (Lipinski definition) is 1. The number of carbonyl (C=O) groups is 1. The molecule has 0 atom stereocenters. The van der Waals surface area contributed by atoms with Crippen LogP contribution >= 0.6 is 11.8 Å². The van der Waals surface area contributed by atoms with Gasteiger partial charge in [0.1, 0.15) is 22.4 Å². The summed E-state index contributed by atoms with van der Waals surface area (Å²) in [5.74, 6) is 1.11. The maximum atomic E-state index is 13.6. The van der Waals surface area contributed by atoms with Crippen LogP contribution in [0.4, 0.5) is 10.1 Å². The average molecular weight is 384 g/mol. The number of aryl methyl sites for hydroxylation is 3. The lowest BCUT2D eigenvalue weighted by atomic mass is 10.2. The number of halogens is 1. The fourth-order valence-corrected chi connectivity index (χ4v) is 3.68. The van der Waals surface area contributed by atoms with Crippen molar-refractivity contribution in [2.24, 2.45) is 0 Å². The van der Waals surface area contributed by atoms with Gasteiger partial charge in [0, 0.05) is 17.8 Å². The number of carbonyl (C=O) groups excluding carboxylic acids is 1. The summed E-state index contributed by atoms with van der Waals surface area (Å²) in [5, 5.41) is 11.7. The second-order valence-electron chi connectivity index (χ2n) is 6.32. The van der Waals surface area contributed by atoms with Gasteiger partial charge in [-0.25, -0.2) is 4.39 Å². The molecule has 138 valence electrons. The fraction of sp³-hybridized carbons (Fsp3) is 0.211. The Kier molecular flexibility index (Phi) is 4.35. The van der Waals surface area contributed by atoms with Crippen LogP contribution in [0.15, 0.2) is 39.8 Å². The topological polar surface area (TPSA) is 72.4 Å². The maximum Gasteiger partial charge on any atom is 0.234 e. The molecule has 0 bridgehead atoms. The van der Waals surface area contributed by atoms with E-state index in [1.165, 1.54) is 17.8 Å². The van der Waals surface area contributed by atoms with E-state index in [1.54, 1.807) is 19.1 Å². The van der Waals surface area contributed by atoms with E-state index in [9.17, 15) is 9.18 Å². The predicted molar refractivity (Wildman–Crippen MR) is 103 cm³/mol. The zero-order valence-electron chi connectivity index (χ0n) is 15.0. The van der Waals surface area contributed by atoms with Gasteiger partial charge in [0.15, 0.2) is 5.58 Å². The van der Waals surface area contributed by atoms with Crippen molar-refractivity contribution in [1.29, 1.82) is 0 Å². The minimum Gasteiger partial charge on any atom is -0.460 e. The van der Waals surface area contributed by atoms with Crippen LogP contribution < -0.4 is 5.32 Å². The molecule has 4 rings (SSSR count). The number of rotatable bonds is 4. The number of aromatic nitrogens is 3. The SMILES string of the molecule is Cc1cc2c(cc3c(SCC(=O)Nc4ccc(C)c(F)c4)nnc(C)n32)o1. The molecular formula is C19H17FN4O2S. The molecule has 3 heterocycles. The summed E-state index contributed by atoms with van der Waals surface area (Å²) in [6, 6.07) is 8.47. The van der Waals surface area contributed by atoms with E-state index in [0.717, 1.165) is 28.2 Å². The molecule has 0 aliphatic rings. The first-order valence-corrected chi connectivity index (χ1v) is 9.34. The number of nitrogens with one attached hydrogen (secondary N) is 1. The molecule has 1 amide bonds. The summed E-state index contributed by atoms with van der Waals surface area (Å²) in [6.07, 6.45) is 0. The summed E-state index contributed by atoms with van der Waals surface area (Å²) >= 11 is 1.27. The number of benzene rings is 1. The lowest BCUT2D eigenvalue weighted by Crippen LogP contribution is -2.14. The molecule has 6 nitrogen and oxygen atoms in total. The van der Waals surface area contributed by atoms with Crippen LogP contribution in [-0.4, -0.2) is 26.3 Å². The first-order chi connectivity index (χ1) is 12.9. The predicted octanol–water partition coefficient (Wildman–Crippen LogP) is 4.27. The maximum absolute atomic E-state index is 13.6. The molecule has 8 heteroatoms. The molecule has 27 heavy (non-hydrogen) atoms. The van der Waals surface area contributed by atoms with Crippen LogP contribution in [0, 0.1) is 26.6 Å². The molecule has 0 aliphatic heterocycles. The van der Waals surface area contributed by atoms with Crippen LogP contribution in [0.1, 0.15) is 17.1 Å². The summed E-state index contributed by atoms with van der Waals surface area (Å²) in [7, 11) is 0. The summed E-state index contributed by atoms with van der Waals surface area (Å²) in [5.41, 5.74) is 3.49. The zero-order chi connectivity index (χ0) is 19.1. The molecule has 1 N–H and O–H groups in total. The van der Waals surface area contributed by atoms with Gasteiger partial charge in [-0.1, -0.05) is 17.8 Å². The highest BCUT2D eigenvalue weighted by Crippen LogP contribution is 2.29. The number of nitrogens with zero attached hydrogens (tertiary/aromatic N) is 3. The number of hydrogen-bond acceptors (Lipinski definition) is 5. The van der Waals surface area contributed by atoms with Gasteiger partial charge in [0.25, 0.3) is 0 Å². The van der Waals surface area contributed by atoms with E-state index in [1.807, 2.05) is 30.4 Å². The molecule has 1 aromatic carbocycles. The van der Waals surface area contributed by atoms with Crippen LogP contribution in [0.2, 0.25) is 0 Å². The van der Waals surface area contributed by atoms with Crippen molar-refractivity contribution in [3.05, 3.63) is 53.3 Å². The van der Waals surface area contributed by atoms with Gasteiger partial charge >= 0.3 is 0 Å². The molecular weight excluding hydrogens is 367 g/mol. The van der Waals surface area contributed by atoms with E-state index in [4.69, 9.17) is 4.42 Å². The lowest BCUT2D eigenvalue weighted by Gasteiger charge is -2.07. The van der Waals surface area contributed by atoms with Crippen molar-refractivity contribution >= 4 is 40.0 Å². The van der Waals surface area contributed by atoms with Crippen molar-refractivity contribution in [1.82, 2.24) is 14.6 Å². The summed E-state index contributed by atoms with van der Waals surface area (Å²) in [4.78, 5) is 12.2. The Balaban J connectivity index is 1.55. The molecule has 3 aromatic heterocycles. The van der Waals surface area contributed by atoms with Crippen LogP contribution in [0.3, 0.4) is 0 Å². The Bertz CT molecular complexity index is 1180. The minimum absolute atomic E-state index is 0.133. The van der Waals surface area contributed by atoms with Gasteiger partial charge < -0.3 is 9.73 Å². The Morgan fingerprint density at radius 1 is 1.19 bits per heavy atom. The first kappa shape index (κ1) is 17.5. The van der Waals surface area contributed by atoms with Crippen molar-refractivity contribution in [2.45, 2.75) is 25.8 Å². The van der Waals surface area contributed by atoms with Gasteiger partial charge in [0.05, 0.1) is 16.8 Å². The van der Waals surface area contributed by atoms with Crippen molar-refractivity contribution < 1.29 is 13.6 Å². The normalized spacial score (nSPS) is 11.4. The van der Waals surface area contributed by atoms with Gasteiger partial charge in [-0.15, -0.1) is 10.2 Å². The largest absolute Gasteiger partial charge is 0.460 e. The highest BCUT2D eigenvalue weighted by atomic mass is 32.2. The van der Waals surface area contributed by atoms with Gasteiger partial charge in [-0.3, -0.25) is 9.20 Å². The van der Waals surface area contributed by atoms with E-state index >= 15 is 0 Å². The van der Waals surface area contributed by atoms with Crippen LogP contribution in [0.25, 0.3) is 16.6 Å². The quantitative estimate of drug-likeness (QED) is 0.532. The molecule has 4 aromatic rings. The standard InChI is InChI=1S/C19H17FN4O2S/c1-10-4-5-13(7-14(10)20)21-18(25)9-27-19-16-8-17-15(6-11(2)26-17)24(16)12(3)22-23-19/h4-8H,9H2,1-3H3,(H,21,25). The van der Waals surface area contributed by atoms with Crippen LogP contribution in [0.5, 0.6) is 0 Å². The molecule has 0 unspecified atom stereocenters. The number of anilines is 1. The van der Waals surface area contributed by atoms with E-state index < -0.39 is 0 Å². The van der Waals surface area contributed by atoms with Gasteiger partial charge in [0.2, 0.25) is 5.91 Å². The Hall–Kier alpha value is -2.87. The fourth-order valence-electron chi connectivity index (χ4n) is 2.94. The third-order valence-corrected chi connectivity index (χ3v) is 5.21. The Labute approximate surface area is 158 Å². The van der Waals surface area contributed by atoms with Gasteiger partial charge in [-0.05, 0) is 38.5 Å². The Morgan fingerprint density at radius 2 is 2.00 bits per heavy atom. The number of fused-ring (bicyclic) bond motifs is 3. The summed E-state index contributed by atoms with van der Waals surface area (Å²) in [6.45, 7) is 5.44. The molecule has 0 aliphatic carbocycles. The average Bonchev–Trinajstić information content (AvgIpc) is 3.14. The summed E-state index contributed by atoms with van der Waals surface area (Å²) < 4.78 is 21.3. The minimum atomic E-state index is -0.349. The van der Waals surface area contributed by atoms with E-state index in [2.05, 4.69) is 15.5 Å². The smallest absolute Gasteiger partial charge is 0.234 e. The number of thioether (sulfide) groups is 1. The van der Waals surface area contributed by atoms with Crippen molar-refractivity contribution in [2.75, 3.05) is 11.1 Å². The van der Waals surface area contributed by atoms with Crippen LogP contribution in [-0.2, 0) is 4.79 Å². The molecule has 0 fully saturated rings. The third kappa shape index (κ3) is 3.28. The second kappa shape index (κ2) is 6.70. The highest BCUT2D eigenvalue weighted by Gasteiger charge is 2.16. The second-order valence-corrected chi connectivity index (χ2v) is 7.29. The van der Waals surface area contributed by atoms with Crippen molar-refractivity contribution in [3.8, 4) is 0 Å². The monoisotopic (exact) mass is 384 g/mol. The first-order valence-electron chi connectivity index (χ1n) is 8.36. The van der Waals surface area contributed by atoms with E-state index in [-0.39, 0.29) is 17.5 Å². The molecule has 0 radical (unpaired) electrons. The molecule has 0 saturated heterocycles. The third-order valence-electron chi connectivity index (χ3n) is 4.24. The molecule has 0 spiro atoms. The van der Waals surface area contributed by atoms with Gasteiger partial charge in [-0.2, -0.15) is 0 Å². The van der Waals surface area contributed by atoms with Crippen molar-refractivity contribution in [3.63, 3.8) is 0 Å². The number of amides is 1. The Morgan fingerprint density at radius 3 is 2.78 bits per heavy atom. The highest BCUT2D eigenvalue weighted by molar-refractivity contribution is 8.00. The lowest BCUT2D eigenvalue weighted by molar-refractivity contribution is -0.113.